The second kappa shape index (κ2) is 8.90. The van der Waals surface area contributed by atoms with Crippen molar-refractivity contribution < 1.29 is 14.2 Å². The molecular weight excluding hydrogens is 432 g/mol. The normalized spacial score (nSPS) is 11.3. The van der Waals surface area contributed by atoms with Crippen LogP contribution in [0.25, 0.3) is 22.8 Å². The molecule has 0 saturated heterocycles. The van der Waals surface area contributed by atoms with E-state index >= 15 is 0 Å². The third-order valence-corrected chi connectivity index (χ3v) is 5.49. The first-order chi connectivity index (χ1) is 16.1. The number of aryl methyl sites for hydroxylation is 1. The molecule has 1 amide bonds. The van der Waals surface area contributed by atoms with Crippen molar-refractivity contribution in [1.29, 1.82) is 0 Å². The highest BCUT2D eigenvalue weighted by Crippen LogP contribution is 2.28. The topological polar surface area (TPSA) is 111 Å². The quantitative estimate of drug-likeness (QED) is 0.284. The SMILES string of the molecule is Cc1ccc(-c2nc(-c3ccc(NC(=O)c4ccc(C(C)(C)C)cc4)cc3)no2)cc1[N+](=O)[O-]. The van der Waals surface area contributed by atoms with Gasteiger partial charge in [-0.25, -0.2) is 0 Å². The van der Waals surface area contributed by atoms with Crippen molar-refractivity contribution in [2.45, 2.75) is 33.1 Å². The van der Waals surface area contributed by atoms with E-state index in [1.54, 1.807) is 43.3 Å². The summed E-state index contributed by atoms with van der Waals surface area (Å²) in [6.45, 7) is 8.05. The van der Waals surface area contributed by atoms with E-state index in [0.717, 1.165) is 5.56 Å². The summed E-state index contributed by atoms with van der Waals surface area (Å²) in [4.78, 5) is 27.7. The van der Waals surface area contributed by atoms with Gasteiger partial charge in [0, 0.05) is 34.0 Å². The van der Waals surface area contributed by atoms with Crippen molar-refractivity contribution in [3.8, 4) is 22.8 Å². The summed E-state index contributed by atoms with van der Waals surface area (Å²) in [5, 5.41) is 18.1. The number of benzene rings is 3. The molecule has 0 fully saturated rings. The highest BCUT2D eigenvalue weighted by Gasteiger charge is 2.17. The van der Waals surface area contributed by atoms with Crippen LogP contribution in [0.2, 0.25) is 0 Å². The Labute approximate surface area is 196 Å². The standard InChI is InChI=1S/C26H24N4O4/c1-16-5-6-19(15-22(16)30(32)33)25-28-23(29-34-25)17-9-13-21(14-10-17)27-24(31)18-7-11-20(12-8-18)26(2,3)4/h5-15H,1-4H3,(H,27,31). The van der Waals surface area contributed by atoms with Crippen molar-refractivity contribution in [3.05, 3.63) is 93.5 Å². The zero-order valence-electron chi connectivity index (χ0n) is 19.3. The summed E-state index contributed by atoms with van der Waals surface area (Å²) in [5.41, 5.74) is 4.09. The Morgan fingerprint density at radius 3 is 2.24 bits per heavy atom. The Balaban J connectivity index is 1.47. The number of aromatic nitrogens is 2. The smallest absolute Gasteiger partial charge is 0.273 e. The minimum Gasteiger partial charge on any atom is -0.334 e. The molecule has 172 valence electrons. The van der Waals surface area contributed by atoms with E-state index in [-0.39, 0.29) is 22.9 Å². The first-order valence-electron chi connectivity index (χ1n) is 10.7. The molecule has 3 aromatic carbocycles. The number of carbonyl (C=O) groups excluding carboxylic acids is 1. The summed E-state index contributed by atoms with van der Waals surface area (Å²) in [6.07, 6.45) is 0. The molecule has 0 radical (unpaired) electrons. The Kier molecular flexibility index (Phi) is 5.98. The molecule has 1 aromatic heterocycles. The number of hydrogen-bond acceptors (Lipinski definition) is 6. The molecule has 8 heteroatoms. The fourth-order valence-corrected chi connectivity index (χ4v) is 3.42. The number of rotatable bonds is 5. The molecule has 0 atom stereocenters. The Morgan fingerprint density at radius 1 is 0.971 bits per heavy atom. The van der Waals surface area contributed by atoms with Gasteiger partial charge in [0.25, 0.3) is 17.5 Å². The van der Waals surface area contributed by atoms with Gasteiger partial charge in [-0.15, -0.1) is 0 Å². The lowest BCUT2D eigenvalue weighted by Gasteiger charge is -2.19. The van der Waals surface area contributed by atoms with Gasteiger partial charge in [-0.05, 0) is 60.4 Å². The van der Waals surface area contributed by atoms with Crippen LogP contribution in [0, 0.1) is 17.0 Å². The Bertz CT molecular complexity index is 1350. The molecule has 0 bridgehead atoms. The summed E-state index contributed by atoms with van der Waals surface area (Å²) >= 11 is 0. The largest absolute Gasteiger partial charge is 0.334 e. The fraction of sp³-hybridized carbons (Fsp3) is 0.192. The van der Waals surface area contributed by atoms with Crippen LogP contribution in [0.3, 0.4) is 0 Å². The molecule has 0 aliphatic heterocycles. The second-order valence-corrected chi connectivity index (χ2v) is 9.04. The van der Waals surface area contributed by atoms with Crippen LogP contribution in [0.5, 0.6) is 0 Å². The van der Waals surface area contributed by atoms with Gasteiger partial charge >= 0.3 is 0 Å². The third-order valence-electron chi connectivity index (χ3n) is 5.49. The van der Waals surface area contributed by atoms with E-state index in [4.69, 9.17) is 4.52 Å². The second-order valence-electron chi connectivity index (χ2n) is 9.04. The van der Waals surface area contributed by atoms with Crippen molar-refractivity contribution in [2.24, 2.45) is 0 Å². The number of amides is 1. The van der Waals surface area contributed by atoms with Gasteiger partial charge in [-0.1, -0.05) is 44.1 Å². The minimum absolute atomic E-state index is 0.00890. The average Bonchev–Trinajstić information content (AvgIpc) is 3.29. The minimum atomic E-state index is -0.442. The maximum absolute atomic E-state index is 12.6. The summed E-state index contributed by atoms with van der Waals surface area (Å²) < 4.78 is 5.31. The predicted molar refractivity (Wildman–Crippen MR) is 130 cm³/mol. The molecule has 0 spiro atoms. The van der Waals surface area contributed by atoms with E-state index in [2.05, 4.69) is 36.2 Å². The summed E-state index contributed by atoms with van der Waals surface area (Å²) in [7, 11) is 0. The van der Waals surface area contributed by atoms with Crippen LogP contribution in [-0.2, 0) is 5.41 Å². The van der Waals surface area contributed by atoms with Gasteiger partial charge in [-0.3, -0.25) is 14.9 Å². The van der Waals surface area contributed by atoms with Crippen LogP contribution >= 0.6 is 0 Å². The van der Waals surface area contributed by atoms with Crippen molar-refractivity contribution in [1.82, 2.24) is 10.1 Å². The van der Waals surface area contributed by atoms with E-state index in [1.165, 1.54) is 6.07 Å². The lowest BCUT2D eigenvalue weighted by atomic mass is 9.87. The first-order valence-corrected chi connectivity index (χ1v) is 10.7. The van der Waals surface area contributed by atoms with Crippen LogP contribution < -0.4 is 5.32 Å². The average molecular weight is 457 g/mol. The molecule has 0 aliphatic rings. The molecule has 8 nitrogen and oxygen atoms in total. The number of anilines is 1. The van der Waals surface area contributed by atoms with E-state index in [1.807, 2.05) is 24.3 Å². The number of hydrogen-bond donors (Lipinski definition) is 1. The lowest BCUT2D eigenvalue weighted by Crippen LogP contribution is -2.14. The predicted octanol–water partition coefficient (Wildman–Crippen LogP) is 6.17. The highest BCUT2D eigenvalue weighted by molar-refractivity contribution is 6.04. The van der Waals surface area contributed by atoms with Gasteiger partial charge in [0.2, 0.25) is 5.82 Å². The van der Waals surface area contributed by atoms with Gasteiger partial charge in [-0.2, -0.15) is 4.98 Å². The van der Waals surface area contributed by atoms with Crippen molar-refractivity contribution in [2.75, 3.05) is 5.32 Å². The summed E-state index contributed by atoms with van der Waals surface area (Å²) in [6, 6.07) is 19.4. The van der Waals surface area contributed by atoms with Crippen molar-refractivity contribution >= 4 is 17.3 Å². The van der Waals surface area contributed by atoms with Gasteiger partial charge in [0.1, 0.15) is 0 Å². The zero-order valence-corrected chi connectivity index (χ0v) is 19.3. The Morgan fingerprint density at radius 2 is 1.62 bits per heavy atom. The van der Waals surface area contributed by atoms with Gasteiger partial charge in [0.05, 0.1) is 4.92 Å². The van der Waals surface area contributed by atoms with E-state index in [9.17, 15) is 14.9 Å². The molecule has 0 saturated carbocycles. The zero-order chi connectivity index (χ0) is 24.5. The van der Waals surface area contributed by atoms with Gasteiger partial charge < -0.3 is 9.84 Å². The molecule has 1 N–H and O–H groups in total. The van der Waals surface area contributed by atoms with Crippen molar-refractivity contribution in [3.63, 3.8) is 0 Å². The third kappa shape index (κ3) is 4.85. The van der Waals surface area contributed by atoms with Crippen LogP contribution in [0.1, 0.15) is 42.3 Å². The fourth-order valence-electron chi connectivity index (χ4n) is 3.42. The molecule has 4 aromatic rings. The maximum atomic E-state index is 12.6. The number of nitrogens with zero attached hydrogens (tertiary/aromatic N) is 3. The molecular formula is C26H24N4O4. The van der Waals surface area contributed by atoms with E-state index in [0.29, 0.717) is 33.8 Å². The number of nitrogens with one attached hydrogen (secondary N) is 1. The van der Waals surface area contributed by atoms with Crippen LogP contribution in [0.15, 0.2) is 71.3 Å². The monoisotopic (exact) mass is 456 g/mol. The number of nitro groups is 1. The van der Waals surface area contributed by atoms with Gasteiger partial charge in [0.15, 0.2) is 0 Å². The van der Waals surface area contributed by atoms with Crippen LogP contribution in [-0.4, -0.2) is 21.0 Å². The Hall–Kier alpha value is -4.33. The highest BCUT2D eigenvalue weighted by atomic mass is 16.6. The van der Waals surface area contributed by atoms with Crippen LogP contribution in [0.4, 0.5) is 11.4 Å². The maximum Gasteiger partial charge on any atom is 0.273 e. The first kappa shape index (κ1) is 22.8. The van der Waals surface area contributed by atoms with E-state index < -0.39 is 4.92 Å². The molecule has 0 unspecified atom stereocenters. The number of nitro benzene ring substituents is 1. The summed E-state index contributed by atoms with van der Waals surface area (Å²) in [5.74, 6) is 0.332. The molecule has 4 rings (SSSR count). The molecule has 0 aliphatic carbocycles. The lowest BCUT2D eigenvalue weighted by molar-refractivity contribution is -0.385. The number of carbonyl (C=O) groups is 1. The molecule has 34 heavy (non-hydrogen) atoms. The molecule has 1 heterocycles.